The number of carbonyl (C=O) groups excluding carboxylic acids is 1. The summed E-state index contributed by atoms with van der Waals surface area (Å²) in [5.74, 6) is 0. The van der Waals surface area contributed by atoms with Crippen molar-refractivity contribution in [2.24, 2.45) is 5.41 Å². The average molecular weight is 235 g/mol. The Morgan fingerprint density at radius 2 is 2.00 bits per heavy atom. The van der Waals surface area contributed by atoms with Crippen LogP contribution in [-0.2, 0) is 19.2 Å². The van der Waals surface area contributed by atoms with Crippen molar-refractivity contribution in [2.45, 2.75) is 20.8 Å². The van der Waals surface area contributed by atoms with Crippen LogP contribution in [0.15, 0.2) is 12.0 Å². The van der Waals surface area contributed by atoms with Gasteiger partial charge in [-0.15, -0.1) is 4.31 Å². The van der Waals surface area contributed by atoms with Gasteiger partial charge in [-0.25, -0.2) is 4.79 Å². The molecule has 0 unspecified atom stereocenters. The molecular formula is C8H13NO5S. The Morgan fingerprint density at radius 1 is 1.47 bits per heavy atom. The number of allylic oxidation sites excluding steroid dienone is 1. The maximum atomic E-state index is 11.4. The molecule has 0 aromatic rings. The molecule has 0 saturated heterocycles. The summed E-state index contributed by atoms with van der Waals surface area (Å²) in [5.41, 5.74) is -0.285. The Labute approximate surface area is 88.7 Å². The maximum Gasteiger partial charge on any atom is 0.430 e. The van der Waals surface area contributed by atoms with Crippen molar-refractivity contribution in [3.8, 4) is 0 Å². The molecule has 1 rings (SSSR count). The quantitative estimate of drug-likeness (QED) is 0.631. The van der Waals surface area contributed by atoms with E-state index in [0.29, 0.717) is 4.31 Å². The fraction of sp³-hybridized carbons (Fsp3) is 0.625. The van der Waals surface area contributed by atoms with Gasteiger partial charge in [0.25, 0.3) is 0 Å². The van der Waals surface area contributed by atoms with Gasteiger partial charge in [0.05, 0.1) is 12.8 Å². The molecule has 0 bridgehead atoms. The summed E-state index contributed by atoms with van der Waals surface area (Å²) in [6.45, 7) is 5.29. The Hall–Kier alpha value is -1.24. The van der Waals surface area contributed by atoms with Crippen LogP contribution in [0.25, 0.3) is 0 Å². The molecule has 0 aliphatic carbocycles. The van der Waals surface area contributed by atoms with E-state index in [1.165, 1.54) is 0 Å². The highest BCUT2D eigenvalue weighted by molar-refractivity contribution is 7.85. The van der Waals surface area contributed by atoms with Gasteiger partial charge in [0.15, 0.2) is 0 Å². The molecule has 0 N–H and O–H groups in total. The van der Waals surface area contributed by atoms with Crippen molar-refractivity contribution >= 4 is 16.4 Å². The van der Waals surface area contributed by atoms with Crippen LogP contribution >= 0.6 is 0 Å². The number of rotatable bonds is 0. The van der Waals surface area contributed by atoms with Gasteiger partial charge in [-0.2, -0.15) is 8.42 Å². The van der Waals surface area contributed by atoms with Gasteiger partial charge in [0.1, 0.15) is 6.26 Å². The Kier molecular flexibility index (Phi) is 2.69. The third kappa shape index (κ3) is 2.06. The zero-order chi connectivity index (χ0) is 11.9. The molecule has 86 valence electrons. The van der Waals surface area contributed by atoms with Crippen LogP contribution in [0.2, 0.25) is 0 Å². The van der Waals surface area contributed by atoms with E-state index >= 15 is 0 Å². The summed E-state index contributed by atoms with van der Waals surface area (Å²) < 4.78 is 32.1. The molecule has 7 heteroatoms. The number of hydrogen-bond acceptors (Lipinski definition) is 5. The van der Waals surface area contributed by atoms with Crippen molar-refractivity contribution in [1.82, 2.24) is 4.31 Å². The van der Waals surface area contributed by atoms with Crippen LogP contribution in [-0.4, -0.2) is 25.9 Å². The highest BCUT2D eigenvalue weighted by atomic mass is 32.2. The first-order chi connectivity index (χ1) is 6.70. The summed E-state index contributed by atoms with van der Waals surface area (Å²) in [4.78, 5) is 11.3. The molecule has 15 heavy (non-hydrogen) atoms. The normalized spacial score (nSPS) is 19.5. The lowest BCUT2D eigenvalue weighted by Gasteiger charge is -2.24. The van der Waals surface area contributed by atoms with Gasteiger partial charge in [-0.1, -0.05) is 20.8 Å². The van der Waals surface area contributed by atoms with E-state index in [9.17, 15) is 13.2 Å². The molecule has 1 heterocycles. The van der Waals surface area contributed by atoms with Gasteiger partial charge in [0, 0.05) is 5.41 Å². The summed E-state index contributed by atoms with van der Waals surface area (Å²) in [6.07, 6.45) is 0.0698. The van der Waals surface area contributed by atoms with Gasteiger partial charge in [-0.05, 0) is 0 Å². The van der Waals surface area contributed by atoms with E-state index in [4.69, 9.17) is 0 Å². The van der Waals surface area contributed by atoms with Crippen LogP contribution in [0.5, 0.6) is 0 Å². The van der Waals surface area contributed by atoms with E-state index in [-0.39, 0.29) is 5.70 Å². The molecule has 0 radical (unpaired) electrons. The monoisotopic (exact) mass is 235 g/mol. The average Bonchev–Trinajstić information content (AvgIpc) is 2.39. The minimum Gasteiger partial charge on any atom is -0.452 e. The number of nitrogens with zero attached hydrogens (tertiary/aromatic N) is 1. The first kappa shape index (κ1) is 11.8. The standard InChI is InChI=1S/C8H13NO5S/c1-8(2,3)6-5-14-15(11,12)9(6)7(10)13-4/h5H,1-4H3. The van der Waals surface area contributed by atoms with Gasteiger partial charge < -0.3 is 8.92 Å². The Morgan fingerprint density at radius 3 is 2.40 bits per heavy atom. The van der Waals surface area contributed by atoms with Gasteiger partial charge in [-0.3, -0.25) is 0 Å². The zero-order valence-electron chi connectivity index (χ0n) is 8.97. The third-order valence-electron chi connectivity index (χ3n) is 1.83. The zero-order valence-corrected chi connectivity index (χ0v) is 9.79. The van der Waals surface area contributed by atoms with Gasteiger partial charge in [0.2, 0.25) is 0 Å². The van der Waals surface area contributed by atoms with Crippen molar-refractivity contribution in [3.05, 3.63) is 12.0 Å². The molecule has 0 atom stereocenters. The molecule has 6 nitrogen and oxygen atoms in total. The molecule has 0 aromatic carbocycles. The maximum absolute atomic E-state index is 11.4. The lowest BCUT2D eigenvalue weighted by atomic mass is 9.93. The number of hydrogen-bond donors (Lipinski definition) is 0. The number of carbonyl (C=O) groups is 1. The number of amides is 1. The van der Waals surface area contributed by atoms with E-state index in [0.717, 1.165) is 13.4 Å². The molecular weight excluding hydrogens is 222 g/mol. The lowest BCUT2D eigenvalue weighted by Crippen LogP contribution is -2.36. The predicted octanol–water partition coefficient (Wildman–Crippen LogP) is 1.22. The molecule has 1 aliphatic rings. The summed E-state index contributed by atoms with van der Waals surface area (Å²) in [5, 5.41) is 0. The highest BCUT2D eigenvalue weighted by Crippen LogP contribution is 2.35. The molecule has 1 amide bonds. The second kappa shape index (κ2) is 3.41. The van der Waals surface area contributed by atoms with Crippen LogP contribution in [0.3, 0.4) is 0 Å². The first-order valence-electron chi connectivity index (χ1n) is 4.22. The third-order valence-corrected chi connectivity index (χ3v) is 2.97. The molecule has 0 spiro atoms. The molecule has 1 aliphatic heterocycles. The molecule has 0 saturated carbocycles. The first-order valence-corrected chi connectivity index (χ1v) is 5.59. The minimum atomic E-state index is -4.06. The van der Waals surface area contributed by atoms with Crippen LogP contribution in [0, 0.1) is 5.41 Å². The molecule has 0 fully saturated rings. The topological polar surface area (TPSA) is 72.9 Å². The van der Waals surface area contributed by atoms with Crippen molar-refractivity contribution in [2.75, 3.05) is 7.11 Å². The largest absolute Gasteiger partial charge is 0.452 e. The van der Waals surface area contributed by atoms with Crippen LogP contribution < -0.4 is 0 Å². The van der Waals surface area contributed by atoms with E-state index in [2.05, 4.69) is 8.92 Å². The van der Waals surface area contributed by atoms with Crippen molar-refractivity contribution in [3.63, 3.8) is 0 Å². The summed E-state index contributed by atoms with van der Waals surface area (Å²) in [7, 11) is -2.96. The lowest BCUT2D eigenvalue weighted by molar-refractivity contribution is 0.151. The molecule has 0 aromatic heterocycles. The van der Waals surface area contributed by atoms with Crippen LogP contribution in [0.1, 0.15) is 20.8 Å². The fourth-order valence-corrected chi connectivity index (χ4v) is 2.19. The minimum absolute atomic E-state index is 0.245. The smallest absolute Gasteiger partial charge is 0.430 e. The van der Waals surface area contributed by atoms with Crippen molar-refractivity contribution < 1.29 is 22.1 Å². The number of ether oxygens (including phenoxy) is 1. The summed E-state index contributed by atoms with van der Waals surface area (Å²) in [6, 6.07) is 0. The van der Waals surface area contributed by atoms with E-state index < -0.39 is 21.8 Å². The van der Waals surface area contributed by atoms with E-state index in [1.807, 2.05) is 0 Å². The summed E-state index contributed by atoms with van der Waals surface area (Å²) >= 11 is 0. The van der Waals surface area contributed by atoms with E-state index in [1.54, 1.807) is 20.8 Å². The number of methoxy groups -OCH3 is 1. The SMILES string of the molecule is COC(=O)N1C(C(C)(C)C)=COS1(=O)=O. The second-order valence-corrected chi connectivity index (χ2v) is 5.45. The highest BCUT2D eigenvalue weighted by Gasteiger charge is 2.43. The second-order valence-electron chi connectivity index (χ2n) is 4.04. The van der Waals surface area contributed by atoms with Crippen LogP contribution in [0.4, 0.5) is 4.79 Å². The Balaban J connectivity index is 3.17. The Bertz CT molecular complexity index is 403. The van der Waals surface area contributed by atoms with Gasteiger partial charge >= 0.3 is 16.4 Å². The predicted molar refractivity (Wildman–Crippen MR) is 51.8 cm³/mol. The van der Waals surface area contributed by atoms with Crippen molar-refractivity contribution in [1.29, 1.82) is 0 Å². The fourth-order valence-electron chi connectivity index (χ4n) is 1.07.